The van der Waals surface area contributed by atoms with Gasteiger partial charge in [0, 0.05) is 14.9 Å². The van der Waals surface area contributed by atoms with Gasteiger partial charge in [-0.25, -0.2) is 9.38 Å². The molecule has 26 heavy (non-hydrogen) atoms. The molecule has 0 aliphatic carbocycles. The number of thioether (sulfide) groups is 1. The highest BCUT2D eigenvalue weighted by atomic mass is 79.9. The molecule has 0 N–H and O–H groups in total. The highest BCUT2D eigenvalue weighted by Crippen LogP contribution is 2.21. The van der Waals surface area contributed by atoms with Crippen molar-refractivity contribution in [3.8, 4) is 0 Å². The lowest BCUT2D eigenvalue weighted by atomic mass is 10.1. The fraction of sp³-hybridized carbons (Fsp3) is 0.0455. The molecular weight excluding hydrogens is 409 g/mol. The summed E-state index contributed by atoms with van der Waals surface area (Å²) in [7, 11) is 0. The predicted octanol–water partition coefficient (Wildman–Crippen LogP) is 7.32. The van der Waals surface area contributed by atoms with E-state index in [9.17, 15) is 4.39 Å². The number of allylic oxidation sites excluding steroid dienone is 1. The van der Waals surface area contributed by atoms with Crippen molar-refractivity contribution in [2.75, 3.05) is 0 Å². The van der Waals surface area contributed by atoms with E-state index in [1.54, 1.807) is 12.1 Å². The molecule has 0 unspecified atom stereocenters. The van der Waals surface area contributed by atoms with Gasteiger partial charge in [-0.1, -0.05) is 57.5 Å². The first kappa shape index (κ1) is 18.6. The summed E-state index contributed by atoms with van der Waals surface area (Å²) in [5.41, 5.74) is 4.02. The fourth-order valence-electron chi connectivity index (χ4n) is 2.27. The Labute approximate surface area is 165 Å². The second-order valence-corrected chi connectivity index (χ2v) is 7.61. The first-order chi connectivity index (χ1) is 12.6. The lowest BCUT2D eigenvalue weighted by Crippen LogP contribution is -1.95. The number of aryl methyl sites for hydroxylation is 1. The maximum Gasteiger partial charge on any atom is 0.123 e. The Hall–Kier alpha value is -2.17. The van der Waals surface area contributed by atoms with Crippen LogP contribution in [0.2, 0.25) is 0 Å². The minimum Gasteiger partial charge on any atom is -0.248 e. The van der Waals surface area contributed by atoms with Crippen LogP contribution in [0.25, 0.3) is 0 Å². The number of benzene rings is 3. The quantitative estimate of drug-likeness (QED) is 0.308. The second kappa shape index (κ2) is 8.97. The number of aliphatic imine (C=N–C) groups is 1. The largest absolute Gasteiger partial charge is 0.248 e. The molecule has 0 amide bonds. The molecule has 3 aromatic carbocycles. The van der Waals surface area contributed by atoms with Crippen molar-refractivity contribution in [2.45, 2.75) is 11.8 Å². The van der Waals surface area contributed by atoms with Crippen LogP contribution < -0.4 is 0 Å². The van der Waals surface area contributed by atoms with Crippen LogP contribution in [0.15, 0.2) is 98.6 Å². The van der Waals surface area contributed by atoms with Crippen LogP contribution in [0.4, 0.5) is 10.1 Å². The lowest BCUT2D eigenvalue weighted by Gasteiger charge is -2.04. The normalized spacial score (nSPS) is 11.9. The SMILES string of the molecule is Cc1ccc(N=C(C=CSc2ccc(F)cc2)c2ccc(Br)cc2)cc1. The van der Waals surface area contributed by atoms with E-state index >= 15 is 0 Å². The van der Waals surface area contributed by atoms with Crippen LogP contribution >= 0.6 is 27.7 Å². The minimum atomic E-state index is -0.227. The summed E-state index contributed by atoms with van der Waals surface area (Å²) in [5.74, 6) is -0.227. The first-order valence-corrected chi connectivity index (χ1v) is 9.77. The lowest BCUT2D eigenvalue weighted by molar-refractivity contribution is 0.626. The third-order valence-corrected chi connectivity index (χ3v) is 5.01. The third-order valence-electron chi connectivity index (χ3n) is 3.67. The van der Waals surface area contributed by atoms with Gasteiger partial charge >= 0.3 is 0 Å². The Morgan fingerprint density at radius 1 is 0.923 bits per heavy atom. The van der Waals surface area contributed by atoms with Gasteiger partial charge in [-0.3, -0.25) is 0 Å². The van der Waals surface area contributed by atoms with Gasteiger partial charge in [0.05, 0.1) is 11.4 Å². The van der Waals surface area contributed by atoms with E-state index in [1.807, 2.05) is 47.9 Å². The molecule has 130 valence electrons. The van der Waals surface area contributed by atoms with E-state index in [2.05, 4.69) is 35.0 Å². The molecule has 0 atom stereocenters. The molecule has 0 saturated heterocycles. The average molecular weight is 426 g/mol. The molecular formula is C22H17BrFNS. The standard InChI is InChI=1S/C22H17BrFNS/c1-16-2-10-20(11-3-16)25-22(17-4-6-18(23)7-5-17)14-15-26-21-12-8-19(24)9-13-21/h2-15H,1H3. The molecule has 0 bridgehead atoms. The number of halogens is 2. The molecule has 4 heteroatoms. The van der Waals surface area contributed by atoms with Gasteiger partial charge in [-0.15, -0.1) is 0 Å². The van der Waals surface area contributed by atoms with Crippen molar-refractivity contribution >= 4 is 39.1 Å². The minimum absolute atomic E-state index is 0.227. The summed E-state index contributed by atoms with van der Waals surface area (Å²) >= 11 is 5.00. The van der Waals surface area contributed by atoms with Crippen LogP contribution in [-0.2, 0) is 0 Å². The zero-order chi connectivity index (χ0) is 18.4. The predicted molar refractivity (Wildman–Crippen MR) is 113 cm³/mol. The molecule has 0 radical (unpaired) electrons. The van der Waals surface area contributed by atoms with Crippen molar-refractivity contribution < 1.29 is 4.39 Å². The van der Waals surface area contributed by atoms with E-state index in [0.717, 1.165) is 26.3 Å². The van der Waals surface area contributed by atoms with Crippen molar-refractivity contribution in [2.24, 2.45) is 4.99 Å². The Kier molecular flexibility index (Phi) is 6.42. The van der Waals surface area contributed by atoms with E-state index in [4.69, 9.17) is 4.99 Å². The first-order valence-electron chi connectivity index (χ1n) is 8.10. The summed E-state index contributed by atoms with van der Waals surface area (Å²) in [6, 6.07) is 22.6. The Balaban J connectivity index is 1.87. The van der Waals surface area contributed by atoms with Crippen molar-refractivity contribution in [3.05, 3.63) is 106 Å². The molecule has 3 rings (SSSR count). The zero-order valence-corrected chi connectivity index (χ0v) is 16.6. The van der Waals surface area contributed by atoms with E-state index < -0.39 is 0 Å². The summed E-state index contributed by atoms with van der Waals surface area (Å²) < 4.78 is 14.0. The maximum atomic E-state index is 13.0. The third kappa shape index (κ3) is 5.41. The summed E-state index contributed by atoms with van der Waals surface area (Å²) in [6.07, 6.45) is 1.98. The highest BCUT2D eigenvalue weighted by molar-refractivity contribution is 9.10. The molecule has 0 spiro atoms. The molecule has 0 aliphatic heterocycles. The fourth-order valence-corrected chi connectivity index (χ4v) is 3.18. The number of rotatable bonds is 5. The number of hydrogen-bond donors (Lipinski definition) is 0. The molecule has 0 fully saturated rings. The zero-order valence-electron chi connectivity index (χ0n) is 14.2. The summed E-state index contributed by atoms with van der Waals surface area (Å²) in [6.45, 7) is 2.06. The molecule has 0 heterocycles. The summed E-state index contributed by atoms with van der Waals surface area (Å²) in [5, 5.41) is 1.97. The molecule has 0 aromatic heterocycles. The van der Waals surface area contributed by atoms with Gasteiger partial charge in [0.2, 0.25) is 0 Å². The van der Waals surface area contributed by atoms with Crippen LogP contribution in [0.1, 0.15) is 11.1 Å². The van der Waals surface area contributed by atoms with Gasteiger partial charge in [-0.2, -0.15) is 0 Å². The van der Waals surface area contributed by atoms with E-state index in [0.29, 0.717) is 0 Å². The van der Waals surface area contributed by atoms with Gasteiger partial charge in [0.25, 0.3) is 0 Å². The van der Waals surface area contributed by atoms with Crippen LogP contribution in [0.5, 0.6) is 0 Å². The Bertz CT molecular complexity index is 914. The van der Waals surface area contributed by atoms with E-state index in [1.165, 1.54) is 29.5 Å². The monoisotopic (exact) mass is 425 g/mol. The highest BCUT2D eigenvalue weighted by Gasteiger charge is 2.02. The molecule has 3 aromatic rings. The average Bonchev–Trinajstić information content (AvgIpc) is 2.65. The Morgan fingerprint density at radius 2 is 1.58 bits per heavy atom. The number of hydrogen-bond acceptors (Lipinski definition) is 2. The molecule has 0 saturated carbocycles. The van der Waals surface area contributed by atoms with E-state index in [-0.39, 0.29) is 5.82 Å². The van der Waals surface area contributed by atoms with Crippen LogP contribution in [0, 0.1) is 12.7 Å². The van der Waals surface area contributed by atoms with Gasteiger partial charge in [0.15, 0.2) is 0 Å². The number of nitrogens with zero attached hydrogens (tertiary/aromatic N) is 1. The van der Waals surface area contributed by atoms with Crippen molar-refractivity contribution in [3.63, 3.8) is 0 Å². The molecule has 0 aliphatic rings. The topological polar surface area (TPSA) is 12.4 Å². The van der Waals surface area contributed by atoms with Crippen LogP contribution in [0.3, 0.4) is 0 Å². The van der Waals surface area contributed by atoms with Gasteiger partial charge < -0.3 is 0 Å². The maximum absolute atomic E-state index is 13.0. The van der Waals surface area contributed by atoms with Crippen LogP contribution in [-0.4, -0.2) is 5.71 Å². The van der Waals surface area contributed by atoms with Gasteiger partial charge in [-0.05, 0) is 66.9 Å². The summed E-state index contributed by atoms with van der Waals surface area (Å²) in [4.78, 5) is 5.77. The molecule has 1 nitrogen and oxygen atoms in total. The van der Waals surface area contributed by atoms with Crippen molar-refractivity contribution in [1.82, 2.24) is 0 Å². The van der Waals surface area contributed by atoms with Crippen molar-refractivity contribution in [1.29, 1.82) is 0 Å². The second-order valence-electron chi connectivity index (χ2n) is 5.71. The Morgan fingerprint density at radius 3 is 2.23 bits per heavy atom. The van der Waals surface area contributed by atoms with Gasteiger partial charge in [0.1, 0.15) is 5.82 Å². The smallest absolute Gasteiger partial charge is 0.123 e.